The van der Waals surface area contributed by atoms with Crippen LogP contribution in [0.2, 0.25) is 0 Å². The SMILES string of the molecule is Cc1cc(N)cc(C(=O)N(Cc2ccc(C)o2)C2CC2)c1. The van der Waals surface area contributed by atoms with Crippen molar-refractivity contribution in [2.75, 3.05) is 5.73 Å². The third kappa shape index (κ3) is 3.10. The molecule has 1 aliphatic carbocycles. The van der Waals surface area contributed by atoms with Gasteiger partial charge in [0, 0.05) is 17.3 Å². The normalized spacial score (nSPS) is 14.2. The van der Waals surface area contributed by atoms with Crippen LogP contribution in [-0.4, -0.2) is 16.8 Å². The quantitative estimate of drug-likeness (QED) is 0.876. The minimum Gasteiger partial charge on any atom is -0.464 e. The van der Waals surface area contributed by atoms with Crippen LogP contribution in [0.5, 0.6) is 0 Å². The van der Waals surface area contributed by atoms with E-state index < -0.39 is 0 Å². The highest BCUT2D eigenvalue weighted by molar-refractivity contribution is 5.95. The Labute approximate surface area is 124 Å². The van der Waals surface area contributed by atoms with Gasteiger partial charge < -0.3 is 15.1 Å². The largest absolute Gasteiger partial charge is 0.464 e. The van der Waals surface area contributed by atoms with Crippen LogP contribution in [-0.2, 0) is 6.54 Å². The number of hydrogen-bond donors (Lipinski definition) is 1. The van der Waals surface area contributed by atoms with Gasteiger partial charge in [-0.15, -0.1) is 0 Å². The van der Waals surface area contributed by atoms with Crippen molar-refractivity contribution >= 4 is 11.6 Å². The van der Waals surface area contributed by atoms with Crippen LogP contribution in [0.15, 0.2) is 34.7 Å². The monoisotopic (exact) mass is 284 g/mol. The third-order valence-corrected chi connectivity index (χ3v) is 3.72. The topological polar surface area (TPSA) is 59.5 Å². The van der Waals surface area contributed by atoms with E-state index in [1.165, 1.54) is 0 Å². The van der Waals surface area contributed by atoms with Crippen LogP contribution < -0.4 is 5.73 Å². The summed E-state index contributed by atoms with van der Waals surface area (Å²) in [5, 5.41) is 0. The summed E-state index contributed by atoms with van der Waals surface area (Å²) < 4.78 is 5.61. The Morgan fingerprint density at radius 2 is 2.05 bits per heavy atom. The van der Waals surface area contributed by atoms with Gasteiger partial charge >= 0.3 is 0 Å². The Bertz CT molecular complexity index is 651. The average Bonchev–Trinajstić information content (AvgIpc) is 3.17. The van der Waals surface area contributed by atoms with E-state index in [1.807, 2.05) is 43.0 Å². The van der Waals surface area contributed by atoms with E-state index in [9.17, 15) is 4.79 Å². The second-order valence-electron chi connectivity index (χ2n) is 5.81. The molecular formula is C17H20N2O2. The summed E-state index contributed by atoms with van der Waals surface area (Å²) in [7, 11) is 0. The molecule has 0 saturated heterocycles. The molecule has 4 nitrogen and oxygen atoms in total. The summed E-state index contributed by atoms with van der Waals surface area (Å²) in [6.45, 7) is 4.38. The first-order valence-corrected chi connectivity index (χ1v) is 7.26. The van der Waals surface area contributed by atoms with Gasteiger partial charge in [0.15, 0.2) is 0 Å². The molecule has 1 aromatic carbocycles. The van der Waals surface area contributed by atoms with Crippen LogP contribution in [0.3, 0.4) is 0 Å². The lowest BCUT2D eigenvalue weighted by atomic mass is 10.1. The number of carbonyl (C=O) groups excluding carboxylic acids is 1. The summed E-state index contributed by atoms with van der Waals surface area (Å²) in [6.07, 6.45) is 2.12. The van der Waals surface area contributed by atoms with E-state index in [1.54, 1.807) is 6.07 Å². The van der Waals surface area contributed by atoms with E-state index in [0.717, 1.165) is 29.9 Å². The molecular weight excluding hydrogens is 264 g/mol. The summed E-state index contributed by atoms with van der Waals surface area (Å²) in [6, 6.07) is 9.69. The molecule has 3 rings (SSSR count). The molecule has 1 amide bonds. The molecule has 1 aromatic heterocycles. The minimum atomic E-state index is 0.0296. The summed E-state index contributed by atoms with van der Waals surface area (Å²) in [5.74, 6) is 1.73. The van der Waals surface area contributed by atoms with Crippen LogP contribution >= 0.6 is 0 Å². The van der Waals surface area contributed by atoms with Crippen molar-refractivity contribution in [2.24, 2.45) is 0 Å². The lowest BCUT2D eigenvalue weighted by Crippen LogP contribution is -2.32. The zero-order valence-electron chi connectivity index (χ0n) is 12.4. The van der Waals surface area contributed by atoms with Crippen molar-refractivity contribution in [2.45, 2.75) is 39.3 Å². The second-order valence-corrected chi connectivity index (χ2v) is 5.81. The van der Waals surface area contributed by atoms with Gasteiger partial charge in [-0.3, -0.25) is 4.79 Å². The Kier molecular flexibility index (Phi) is 3.45. The number of amides is 1. The molecule has 0 radical (unpaired) electrons. The molecule has 1 heterocycles. The molecule has 4 heteroatoms. The van der Waals surface area contributed by atoms with Gasteiger partial charge in [-0.2, -0.15) is 0 Å². The predicted octanol–water partition coefficient (Wildman–Crippen LogP) is 3.28. The third-order valence-electron chi connectivity index (χ3n) is 3.72. The highest BCUT2D eigenvalue weighted by atomic mass is 16.3. The fourth-order valence-electron chi connectivity index (χ4n) is 2.59. The predicted molar refractivity (Wildman–Crippen MR) is 81.9 cm³/mol. The molecule has 1 fully saturated rings. The van der Waals surface area contributed by atoms with Crippen molar-refractivity contribution in [1.29, 1.82) is 0 Å². The molecule has 21 heavy (non-hydrogen) atoms. The van der Waals surface area contributed by atoms with Crippen LogP contribution in [0.1, 0.15) is 40.3 Å². The zero-order valence-corrected chi connectivity index (χ0v) is 12.4. The molecule has 0 spiro atoms. The molecule has 1 aliphatic rings. The Hall–Kier alpha value is -2.23. The number of anilines is 1. The number of rotatable bonds is 4. The molecule has 2 aromatic rings. The van der Waals surface area contributed by atoms with Crippen molar-refractivity contribution in [3.05, 3.63) is 53.0 Å². The fourth-order valence-corrected chi connectivity index (χ4v) is 2.59. The van der Waals surface area contributed by atoms with Crippen molar-refractivity contribution in [1.82, 2.24) is 4.90 Å². The molecule has 0 aliphatic heterocycles. The Balaban J connectivity index is 1.84. The standard InChI is InChI=1S/C17H20N2O2/c1-11-7-13(9-14(18)8-11)17(20)19(15-4-5-15)10-16-6-3-12(2)21-16/h3,6-9,15H,4-5,10,18H2,1-2H3. The summed E-state index contributed by atoms with van der Waals surface area (Å²) in [4.78, 5) is 14.7. The molecule has 1 saturated carbocycles. The van der Waals surface area contributed by atoms with E-state index in [0.29, 0.717) is 23.8 Å². The second kappa shape index (κ2) is 5.28. The number of nitrogen functional groups attached to an aromatic ring is 1. The van der Waals surface area contributed by atoms with E-state index in [2.05, 4.69) is 0 Å². The van der Waals surface area contributed by atoms with Crippen LogP contribution in [0, 0.1) is 13.8 Å². The maximum Gasteiger partial charge on any atom is 0.254 e. The van der Waals surface area contributed by atoms with Gasteiger partial charge in [-0.1, -0.05) is 0 Å². The minimum absolute atomic E-state index is 0.0296. The van der Waals surface area contributed by atoms with Crippen molar-refractivity contribution < 1.29 is 9.21 Å². The molecule has 110 valence electrons. The lowest BCUT2D eigenvalue weighted by Gasteiger charge is -2.21. The van der Waals surface area contributed by atoms with Gasteiger partial charge in [0.25, 0.3) is 5.91 Å². The van der Waals surface area contributed by atoms with Gasteiger partial charge in [-0.05, 0) is 62.6 Å². The fraction of sp³-hybridized carbons (Fsp3) is 0.353. The molecule has 2 N–H and O–H groups in total. The first kappa shape index (κ1) is 13.7. The van der Waals surface area contributed by atoms with Crippen LogP contribution in [0.25, 0.3) is 0 Å². The number of aryl methyl sites for hydroxylation is 2. The van der Waals surface area contributed by atoms with E-state index in [4.69, 9.17) is 10.2 Å². The van der Waals surface area contributed by atoms with Gasteiger partial charge in [0.1, 0.15) is 11.5 Å². The molecule has 0 atom stereocenters. The van der Waals surface area contributed by atoms with Crippen molar-refractivity contribution in [3.63, 3.8) is 0 Å². The number of carbonyl (C=O) groups is 1. The van der Waals surface area contributed by atoms with Crippen LogP contribution in [0.4, 0.5) is 5.69 Å². The van der Waals surface area contributed by atoms with Gasteiger partial charge in [-0.25, -0.2) is 0 Å². The van der Waals surface area contributed by atoms with Crippen molar-refractivity contribution in [3.8, 4) is 0 Å². The smallest absolute Gasteiger partial charge is 0.254 e. The highest BCUT2D eigenvalue weighted by Crippen LogP contribution is 2.30. The Morgan fingerprint density at radius 3 is 2.62 bits per heavy atom. The van der Waals surface area contributed by atoms with E-state index in [-0.39, 0.29) is 5.91 Å². The van der Waals surface area contributed by atoms with E-state index >= 15 is 0 Å². The Morgan fingerprint density at radius 1 is 1.29 bits per heavy atom. The maximum atomic E-state index is 12.8. The summed E-state index contributed by atoms with van der Waals surface area (Å²) >= 11 is 0. The number of hydrogen-bond acceptors (Lipinski definition) is 3. The number of nitrogens with zero attached hydrogens (tertiary/aromatic N) is 1. The molecule has 0 unspecified atom stereocenters. The number of nitrogens with two attached hydrogens (primary N) is 1. The maximum absolute atomic E-state index is 12.8. The van der Waals surface area contributed by atoms with Gasteiger partial charge in [0.05, 0.1) is 6.54 Å². The first-order chi connectivity index (χ1) is 10.0. The molecule has 0 bridgehead atoms. The summed E-state index contributed by atoms with van der Waals surface area (Å²) in [5.41, 5.74) is 8.14. The average molecular weight is 284 g/mol. The highest BCUT2D eigenvalue weighted by Gasteiger charge is 2.33. The van der Waals surface area contributed by atoms with Gasteiger partial charge in [0.2, 0.25) is 0 Å². The number of benzene rings is 1. The zero-order chi connectivity index (χ0) is 15.0. The first-order valence-electron chi connectivity index (χ1n) is 7.26. The number of furan rings is 1. The lowest BCUT2D eigenvalue weighted by molar-refractivity contribution is 0.0717.